The highest BCUT2D eigenvalue weighted by molar-refractivity contribution is 7.89. The summed E-state index contributed by atoms with van der Waals surface area (Å²) >= 11 is 5.50. The molecular weight excluding hydrogens is 312 g/mol. The SMILES string of the molecule is CCS(=O)(=O)NC1CCN(S(=O)(=O)CCCCl)CC1. The quantitative estimate of drug-likeness (QED) is 0.682. The minimum atomic E-state index is -3.25. The molecule has 0 radical (unpaired) electrons. The molecule has 0 amide bonds. The molecule has 0 atom stereocenters. The van der Waals surface area contributed by atoms with Crippen molar-refractivity contribution in [3.05, 3.63) is 0 Å². The molecule has 1 rings (SSSR count). The molecule has 114 valence electrons. The fourth-order valence-electron chi connectivity index (χ4n) is 1.96. The van der Waals surface area contributed by atoms with E-state index >= 15 is 0 Å². The summed E-state index contributed by atoms with van der Waals surface area (Å²) in [5, 5.41) is 0. The van der Waals surface area contributed by atoms with Crippen molar-refractivity contribution in [2.45, 2.75) is 32.2 Å². The van der Waals surface area contributed by atoms with Crippen molar-refractivity contribution in [3.8, 4) is 0 Å². The average Bonchev–Trinajstić information content (AvgIpc) is 2.37. The Kier molecular flexibility index (Phi) is 6.52. The number of piperidine rings is 1. The third-order valence-corrected chi connectivity index (χ3v) is 6.79. The molecule has 19 heavy (non-hydrogen) atoms. The second-order valence-electron chi connectivity index (χ2n) is 4.55. The third-order valence-electron chi connectivity index (χ3n) is 3.11. The number of alkyl halides is 1. The minimum Gasteiger partial charge on any atom is -0.212 e. The first-order valence-corrected chi connectivity index (χ1v) is 10.1. The predicted molar refractivity (Wildman–Crippen MR) is 76.3 cm³/mol. The van der Waals surface area contributed by atoms with Gasteiger partial charge in [0, 0.05) is 25.0 Å². The summed E-state index contributed by atoms with van der Waals surface area (Å²) < 4.78 is 50.7. The number of nitrogens with zero attached hydrogens (tertiary/aromatic N) is 1. The lowest BCUT2D eigenvalue weighted by molar-refractivity contribution is 0.308. The van der Waals surface area contributed by atoms with Crippen LogP contribution in [-0.2, 0) is 20.0 Å². The molecule has 1 N–H and O–H groups in total. The van der Waals surface area contributed by atoms with Crippen molar-refractivity contribution < 1.29 is 16.8 Å². The Hall–Kier alpha value is 0.110. The Labute approximate surface area is 120 Å². The summed E-state index contributed by atoms with van der Waals surface area (Å²) in [6, 6.07) is -0.163. The van der Waals surface area contributed by atoms with Gasteiger partial charge in [-0.1, -0.05) is 0 Å². The van der Waals surface area contributed by atoms with E-state index in [9.17, 15) is 16.8 Å². The Balaban J connectivity index is 2.49. The van der Waals surface area contributed by atoms with Crippen molar-refractivity contribution in [1.29, 1.82) is 0 Å². The molecule has 1 saturated heterocycles. The zero-order chi connectivity index (χ0) is 14.5. The van der Waals surface area contributed by atoms with Crippen LogP contribution in [0.25, 0.3) is 0 Å². The molecule has 1 aliphatic rings. The lowest BCUT2D eigenvalue weighted by atomic mass is 10.1. The zero-order valence-electron chi connectivity index (χ0n) is 11.0. The van der Waals surface area contributed by atoms with E-state index in [4.69, 9.17) is 11.6 Å². The topological polar surface area (TPSA) is 83.6 Å². The van der Waals surface area contributed by atoms with E-state index in [1.165, 1.54) is 4.31 Å². The first-order valence-electron chi connectivity index (χ1n) is 6.34. The number of halogens is 1. The largest absolute Gasteiger partial charge is 0.214 e. The summed E-state index contributed by atoms with van der Waals surface area (Å²) in [6.07, 6.45) is 1.46. The zero-order valence-corrected chi connectivity index (χ0v) is 13.4. The Bertz CT molecular complexity index is 470. The van der Waals surface area contributed by atoms with Gasteiger partial charge in [0.1, 0.15) is 0 Å². The van der Waals surface area contributed by atoms with Crippen LogP contribution in [0.15, 0.2) is 0 Å². The molecule has 0 spiro atoms. The molecule has 0 aliphatic carbocycles. The van der Waals surface area contributed by atoms with Gasteiger partial charge in [-0.3, -0.25) is 0 Å². The third kappa shape index (κ3) is 5.55. The Morgan fingerprint density at radius 3 is 2.26 bits per heavy atom. The van der Waals surface area contributed by atoms with Gasteiger partial charge in [-0.05, 0) is 26.2 Å². The number of sulfonamides is 2. The molecule has 0 aromatic heterocycles. The van der Waals surface area contributed by atoms with Gasteiger partial charge in [0.2, 0.25) is 20.0 Å². The van der Waals surface area contributed by atoms with Crippen LogP contribution >= 0.6 is 11.6 Å². The summed E-state index contributed by atoms with van der Waals surface area (Å²) in [4.78, 5) is 0. The predicted octanol–water partition coefficient (Wildman–Crippen LogP) is 0.349. The highest BCUT2D eigenvalue weighted by Gasteiger charge is 2.28. The standard InChI is InChI=1S/C10H21ClN2O4S2/c1-2-18(14,15)12-10-4-7-13(8-5-10)19(16,17)9-3-6-11/h10,12H,2-9H2,1H3. The number of hydrogen-bond donors (Lipinski definition) is 1. The molecule has 0 unspecified atom stereocenters. The lowest BCUT2D eigenvalue weighted by Crippen LogP contribution is -2.47. The first kappa shape index (κ1) is 17.2. The fourth-order valence-corrected chi connectivity index (χ4v) is 4.69. The van der Waals surface area contributed by atoms with Gasteiger partial charge in [-0.25, -0.2) is 25.9 Å². The van der Waals surface area contributed by atoms with E-state index in [2.05, 4.69) is 4.72 Å². The van der Waals surface area contributed by atoms with Crippen LogP contribution in [0.5, 0.6) is 0 Å². The molecule has 0 aromatic rings. The molecule has 0 saturated carbocycles. The number of rotatable bonds is 7. The van der Waals surface area contributed by atoms with Gasteiger partial charge in [-0.15, -0.1) is 11.6 Å². The van der Waals surface area contributed by atoms with E-state index < -0.39 is 20.0 Å². The molecule has 0 bridgehead atoms. The molecule has 0 aromatic carbocycles. The Morgan fingerprint density at radius 2 is 1.79 bits per heavy atom. The van der Waals surface area contributed by atoms with Gasteiger partial charge in [-0.2, -0.15) is 0 Å². The van der Waals surface area contributed by atoms with Gasteiger partial charge >= 0.3 is 0 Å². The summed E-state index contributed by atoms with van der Waals surface area (Å²) in [5.41, 5.74) is 0. The van der Waals surface area contributed by atoms with Crippen LogP contribution in [0.4, 0.5) is 0 Å². The van der Waals surface area contributed by atoms with E-state index in [-0.39, 0.29) is 17.5 Å². The molecule has 1 heterocycles. The van der Waals surface area contributed by atoms with Crippen molar-refractivity contribution in [2.75, 3.05) is 30.5 Å². The number of hydrogen-bond acceptors (Lipinski definition) is 4. The van der Waals surface area contributed by atoms with Gasteiger partial charge in [0.15, 0.2) is 0 Å². The monoisotopic (exact) mass is 332 g/mol. The summed E-state index contributed by atoms with van der Waals surface area (Å²) in [7, 11) is -6.47. The summed E-state index contributed by atoms with van der Waals surface area (Å²) in [5.74, 6) is 0.426. The lowest BCUT2D eigenvalue weighted by Gasteiger charge is -2.31. The maximum Gasteiger partial charge on any atom is 0.214 e. The second kappa shape index (κ2) is 7.21. The highest BCUT2D eigenvalue weighted by Crippen LogP contribution is 2.16. The van der Waals surface area contributed by atoms with E-state index in [0.29, 0.717) is 38.2 Å². The van der Waals surface area contributed by atoms with Gasteiger partial charge < -0.3 is 0 Å². The molecule has 6 nitrogen and oxygen atoms in total. The molecular formula is C10H21ClN2O4S2. The van der Waals surface area contributed by atoms with Crippen LogP contribution < -0.4 is 4.72 Å². The first-order chi connectivity index (χ1) is 8.80. The van der Waals surface area contributed by atoms with E-state index in [0.717, 1.165) is 0 Å². The van der Waals surface area contributed by atoms with Crippen molar-refractivity contribution in [1.82, 2.24) is 9.03 Å². The van der Waals surface area contributed by atoms with Crippen molar-refractivity contribution in [3.63, 3.8) is 0 Å². The van der Waals surface area contributed by atoms with Crippen LogP contribution in [0, 0.1) is 0 Å². The van der Waals surface area contributed by atoms with Crippen LogP contribution in [-0.4, -0.2) is 57.7 Å². The minimum absolute atomic E-state index is 0.0429. The van der Waals surface area contributed by atoms with Crippen LogP contribution in [0.2, 0.25) is 0 Å². The van der Waals surface area contributed by atoms with E-state index in [1.807, 2.05) is 0 Å². The maximum atomic E-state index is 11.9. The molecule has 1 aliphatic heterocycles. The molecule has 9 heteroatoms. The second-order valence-corrected chi connectivity index (χ2v) is 9.06. The number of nitrogens with one attached hydrogen (secondary N) is 1. The normalized spacial score (nSPS) is 19.7. The van der Waals surface area contributed by atoms with Crippen LogP contribution in [0.3, 0.4) is 0 Å². The van der Waals surface area contributed by atoms with Crippen molar-refractivity contribution in [2.24, 2.45) is 0 Å². The molecule has 1 fully saturated rings. The van der Waals surface area contributed by atoms with Crippen LogP contribution in [0.1, 0.15) is 26.2 Å². The highest BCUT2D eigenvalue weighted by atomic mass is 35.5. The Morgan fingerprint density at radius 1 is 1.21 bits per heavy atom. The van der Waals surface area contributed by atoms with Crippen molar-refractivity contribution >= 4 is 31.6 Å². The summed E-state index contributed by atoms with van der Waals surface area (Å²) in [6.45, 7) is 2.30. The fraction of sp³-hybridized carbons (Fsp3) is 1.00. The average molecular weight is 333 g/mol. The van der Waals surface area contributed by atoms with Gasteiger partial charge in [0.05, 0.1) is 11.5 Å². The maximum absolute atomic E-state index is 11.9. The smallest absolute Gasteiger partial charge is 0.212 e. The van der Waals surface area contributed by atoms with Gasteiger partial charge in [0.25, 0.3) is 0 Å². The van der Waals surface area contributed by atoms with E-state index in [1.54, 1.807) is 6.92 Å².